The summed E-state index contributed by atoms with van der Waals surface area (Å²) in [4.78, 5) is 37.5. The Labute approximate surface area is 193 Å². The Balaban J connectivity index is 1.68. The van der Waals surface area contributed by atoms with Gasteiger partial charge in [0.15, 0.2) is 0 Å². The lowest BCUT2D eigenvalue weighted by atomic mass is 10.0. The van der Waals surface area contributed by atoms with Crippen molar-refractivity contribution < 1.29 is 19.1 Å². The smallest absolute Gasteiger partial charge is 0.408 e. The van der Waals surface area contributed by atoms with Crippen molar-refractivity contribution in [1.82, 2.24) is 10.6 Å². The summed E-state index contributed by atoms with van der Waals surface area (Å²) in [5.74, 6) is -1.17. The summed E-state index contributed by atoms with van der Waals surface area (Å²) in [6.45, 7) is 0.0737. The van der Waals surface area contributed by atoms with E-state index >= 15 is 0 Å². The van der Waals surface area contributed by atoms with Crippen molar-refractivity contribution in [3.8, 4) is 0 Å². The second-order valence-electron chi connectivity index (χ2n) is 7.60. The predicted octanol–water partition coefficient (Wildman–Crippen LogP) is 2.74. The molecule has 0 radical (unpaired) electrons. The molecule has 0 spiro atoms. The fourth-order valence-corrected chi connectivity index (χ4v) is 3.31. The highest BCUT2D eigenvalue weighted by Crippen LogP contribution is 2.08. The van der Waals surface area contributed by atoms with Crippen molar-refractivity contribution in [2.75, 3.05) is 0 Å². The molecule has 7 heteroatoms. The third kappa shape index (κ3) is 7.81. The van der Waals surface area contributed by atoms with Crippen LogP contribution in [0, 0.1) is 0 Å². The Morgan fingerprint density at radius 3 is 1.61 bits per heavy atom. The number of rotatable bonds is 10. The lowest BCUT2D eigenvalue weighted by Crippen LogP contribution is -2.54. The van der Waals surface area contributed by atoms with Crippen molar-refractivity contribution >= 4 is 17.9 Å². The van der Waals surface area contributed by atoms with E-state index in [1.54, 1.807) is 0 Å². The van der Waals surface area contributed by atoms with Crippen LogP contribution in [0.4, 0.5) is 4.79 Å². The first-order valence-corrected chi connectivity index (χ1v) is 10.7. The van der Waals surface area contributed by atoms with E-state index in [1.165, 1.54) is 0 Å². The summed E-state index contributed by atoms with van der Waals surface area (Å²) >= 11 is 0. The fourth-order valence-electron chi connectivity index (χ4n) is 3.31. The number of alkyl carbamates (subject to hydrolysis) is 1. The van der Waals surface area contributed by atoms with Crippen LogP contribution in [0.1, 0.15) is 16.7 Å². The van der Waals surface area contributed by atoms with Gasteiger partial charge in [0.25, 0.3) is 0 Å². The van der Waals surface area contributed by atoms with E-state index in [4.69, 9.17) is 10.5 Å². The maximum absolute atomic E-state index is 13.1. The number of ether oxygens (including phenoxy) is 1. The molecule has 0 saturated heterocycles. The maximum Gasteiger partial charge on any atom is 0.408 e. The predicted molar refractivity (Wildman–Crippen MR) is 125 cm³/mol. The van der Waals surface area contributed by atoms with Gasteiger partial charge in [-0.3, -0.25) is 9.59 Å². The molecule has 0 aliphatic carbocycles. The molecule has 3 amide bonds. The number of nitrogens with one attached hydrogen (secondary N) is 2. The summed E-state index contributed by atoms with van der Waals surface area (Å²) in [5, 5.41) is 5.30. The van der Waals surface area contributed by atoms with Crippen molar-refractivity contribution in [3.05, 3.63) is 108 Å². The maximum atomic E-state index is 13.1. The summed E-state index contributed by atoms with van der Waals surface area (Å²) in [6, 6.07) is 25.9. The molecule has 0 aliphatic rings. The molecule has 4 N–H and O–H groups in total. The zero-order valence-corrected chi connectivity index (χ0v) is 18.1. The van der Waals surface area contributed by atoms with Crippen LogP contribution in [0.25, 0.3) is 0 Å². The topological polar surface area (TPSA) is 111 Å². The van der Waals surface area contributed by atoms with Crippen LogP contribution in [0.5, 0.6) is 0 Å². The number of amides is 3. The zero-order valence-electron chi connectivity index (χ0n) is 18.1. The molecule has 0 saturated carbocycles. The van der Waals surface area contributed by atoms with Gasteiger partial charge in [0.1, 0.15) is 18.7 Å². The number of carbonyl (C=O) groups is 3. The third-order valence-electron chi connectivity index (χ3n) is 5.05. The molecule has 7 nitrogen and oxygen atoms in total. The average Bonchev–Trinajstić information content (AvgIpc) is 2.84. The molecule has 3 aromatic carbocycles. The number of primary amides is 1. The largest absolute Gasteiger partial charge is 0.445 e. The molecular weight excluding hydrogens is 418 g/mol. The van der Waals surface area contributed by atoms with Gasteiger partial charge in [-0.15, -0.1) is 0 Å². The molecule has 0 bridgehead atoms. The fraction of sp³-hybridized carbons (Fsp3) is 0.192. The molecule has 3 rings (SSSR count). The van der Waals surface area contributed by atoms with Crippen LogP contribution in [0.15, 0.2) is 91.0 Å². The van der Waals surface area contributed by atoms with Crippen LogP contribution >= 0.6 is 0 Å². The molecule has 2 unspecified atom stereocenters. The van der Waals surface area contributed by atoms with E-state index in [1.807, 2.05) is 91.0 Å². The Morgan fingerprint density at radius 2 is 1.12 bits per heavy atom. The summed E-state index contributed by atoms with van der Waals surface area (Å²) in [6.07, 6.45) is -0.254. The van der Waals surface area contributed by atoms with Gasteiger partial charge in [0.2, 0.25) is 11.8 Å². The van der Waals surface area contributed by atoms with Gasteiger partial charge in [-0.25, -0.2) is 4.79 Å². The standard InChI is InChI=1S/C26H27N3O4/c27-24(30)22(16-19-10-4-1-5-11-19)28-25(31)23(17-20-12-6-2-7-13-20)29-26(32)33-18-21-14-8-3-9-15-21/h1-15,22-23H,16-18H2,(H2,27,30)(H,28,31)(H,29,32). The van der Waals surface area contributed by atoms with Crippen LogP contribution in [0.3, 0.4) is 0 Å². The Bertz CT molecular complexity index is 1040. The van der Waals surface area contributed by atoms with Gasteiger partial charge < -0.3 is 21.1 Å². The van der Waals surface area contributed by atoms with Crippen molar-refractivity contribution in [1.29, 1.82) is 0 Å². The highest BCUT2D eigenvalue weighted by molar-refractivity contribution is 5.91. The lowest BCUT2D eigenvalue weighted by molar-refractivity contribution is -0.128. The summed E-state index contributed by atoms with van der Waals surface area (Å²) < 4.78 is 5.27. The quantitative estimate of drug-likeness (QED) is 0.446. The van der Waals surface area contributed by atoms with Crippen LogP contribution < -0.4 is 16.4 Å². The first kappa shape index (κ1) is 23.5. The molecule has 0 heterocycles. The third-order valence-corrected chi connectivity index (χ3v) is 5.05. The first-order valence-electron chi connectivity index (χ1n) is 10.7. The highest BCUT2D eigenvalue weighted by atomic mass is 16.5. The van der Waals surface area contributed by atoms with Crippen LogP contribution in [0.2, 0.25) is 0 Å². The van der Waals surface area contributed by atoms with Gasteiger partial charge in [0, 0.05) is 12.8 Å². The highest BCUT2D eigenvalue weighted by Gasteiger charge is 2.26. The van der Waals surface area contributed by atoms with Crippen molar-refractivity contribution in [2.45, 2.75) is 31.5 Å². The average molecular weight is 446 g/mol. The molecule has 170 valence electrons. The van der Waals surface area contributed by atoms with E-state index in [2.05, 4.69) is 10.6 Å². The number of benzene rings is 3. The first-order chi connectivity index (χ1) is 16.0. The lowest BCUT2D eigenvalue weighted by Gasteiger charge is -2.22. The summed E-state index contributed by atoms with van der Waals surface area (Å²) in [7, 11) is 0. The second-order valence-corrected chi connectivity index (χ2v) is 7.60. The number of nitrogens with two attached hydrogens (primary N) is 1. The molecule has 0 aliphatic heterocycles. The van der Waals surface area contributed by atoms with E-state index in [-0.39, 0.29) is 19.4 Å². The second kappa shape index (κ2) is 12.0. The number of hydrogen-bond acceptors (Lipinski definition) is 4. The Hall–Kier alpha value is -4.13. The molecule has 0 aromatic heterocycles. The van der Waals surface area contributed by atoms with Gasteiger partial charge >= 0.3 is 6.09 Å². The van der Waals surface area contributed by atoms with Crippen LogP contribution in [-0.4, -0.2) is 30.0 Å². The van der Waals surface area contributed by atoms with Gasteiger partial charge in [-0.1, -0.05) is 91.0 Å². The SMILES string of the molecule is NC(=O)C(Cc1ccccc1)NC(=O)C(Cc1ccccc1)NC(=O)OCc1ccccc1. The molecule has 0 fully saturated rings. The number of hydrogen-bond donors (Lipinski definition) is 3. The minimum absolute atomic E-state index is 0.0737. The van der Waals surface area contributed by atoms with E-state index in [0.29, 0.717) is 0 Å². The minimum atomic E-state index is -0.951. The summed E-state index contributed by atoms with van der Waals surface area (Å²) in [5.41, 5.74) is 8.07. The number of carbonyl (C=O) groups excluding carboxylic acids is 3. The van der Waals surface area contributed by atoms with Crippen molar-refractivity contribution in [3.63, 3.8) is 0 Å². The van der Waals surface area contributed by atoms with E-state index in [0.717, 1.165) is 16.7 Å². The van der Waals surface area contributed by atoms with E-state index in [9.17, 15) is 14.4 Å². The Kier molecular flexibility index (Phi) is 8.59. The van der Waals surface area contributed by atoms with E-state index < -0.39 is 30.0 Å². The molecule has 33 heavy (non-hydrogen) atoms. The Morgan fingerprint density at radius 1 is 0.667 bits per heavy atom. The molecular formula is C26H27N3O4. The van der Waals surface area contributed by atoms with Gasteiger partial charge in [-0.2, -0.15) is 0 Å². The minimum Gasteiger partial charge on any atom is -0.445 e. The van der Waals surface area contributed by atoms with Gasteiger partial charge in [-0.05, 0) is 16.7 Å². The molecule has 2 atom stereocenters. The normalized spacial score (nSPS) is 12.2. The van der Waals surface area contributed by atoms with Gasteiger partial charge in [0.05, 0.1) is 0 Å². The monoisotopic (exact) mass is 445 g/mol. The van der Waals surface area contributed by atoms with Crippen LogP contribution in [-0.2, 0) is 33.8 Å². The zero-order chi connectivity index (χ0) is 23.5. The molecule has 3 aromatic rings. The van der Waals surface area contributed by atoms with Crippen molar-refractivity contribution in [2.24, 2.45) is 5.73 Å².